The molecule has 164 valence electrons. The molecule has 2 heterocycles. The van der Waals surface area contributed by atoms with Crippen molar-refractivity contribution in [2.24, 2.45) is 0 Å². The Balaban J connectivity index is 1.54. The van der Waals surface area contributed by atoms with Crippen LogP contribution in [0.4, 0.5) is 0 Å². The quantitative estimate of drug-likeness (QED) is 0.436. The molecule has 0 atom stereocenters. The largest absolute Gasteiger partial charge is 0.352 e. The van der Waals surface area contributed by atoms with Crippen LogP contribution in [0.5, 0.6) is 0 Å². The Hall–Kier alpha value is -3.25. The van der Waals surface area contributed by atoms with E-state index in [0.29, 0.717) is 18.2 Å². The molecule has 4 aromatic rings. The van der Waals surface area contributed by atoms with Gasteiger partial charge in [0.2, 0.25) is 0 Å². The lowest BCUT2D eigenvalue weighted by atomic mass is 9.92. The molecule has 1 N–H and O–H groups in total. The highest BCUT2D eigenvalue weighted by Gasteiger charge is 2.26. The minimum absolute atomic E-state index is 0.0274. The maximum absolute atomic E-state index is 12.8. The number of hydrogen-bond acceptors (Lipinski definition) is 4. The molecular formula is C26H29N5O. The molecule has 6 heteroatoms. The van der Waals surface area contributed by atoms with Crippen molar-refractivity contribution < 1.29 is 4.79 Å². The van der Waals surface area contributed by atoms with Crippen LogP contribution in [0.1, 0.15) is 42.1 Å². The lowest BCUT2D eigenvalue weighted by Gasteiger charge is -2.29. The molecule has 1 aliphatic rings. The molecule has 0 spiro atoms. The van der Waals surface area contributed by atoms with Gasteiger partial charge in [-0.1, -0.05) is 24.3 Å². The number of carbonyl (C=O) groups excluding carboxylic acids is 1. The van der Waals surface area contributed by atoms with E-state index in [1.807, 2.05) is 50.8 Å². The lowest BCUT2D eigenvalue weighted by Crippen LogP contribution is -2.27. The number of rotatable bonds is 7. The molecule has 5 rings (SSSR count). The summed E-state index contributed by atoms with van der Waals surface area (Å²) in [6.45, 7) is 1.63. The third kappa shape index (κ3) is 3.86. The number of pyridine rings is 1. The average Bonchev–Trinajstić information content (AvgIpc) is 3.13. The zero-order valence-corrected chi connectivity index (χ0v) is 18.7. The van der Waals surface area contributed by atoms with Gasteiger partial charge in [-0.15, -0.1) is 0 Å². The Kier molecular flexibility index (Phi) is 5.62. The van der Waals surface area contributed by atoms with E-state index >= 15 is 0 Å². The summed E-state index contributed by atoms with van der Waals surface area (Å²) in [7, 11) is 4.08. The van der Waals surface area contributed by atoms with Gasteiger partial charge in [0, 0.05) is 41.5 Å². The summed E-state index contributed by atoms with van der Waals surface area (Å²) in [5.74, 6) is 0.915. The topological polar surface area (TPSA) is 63.1 Å². The van der Waals surface area contributed by atoms with Crippen molar-refractivity contribution in [2.75, 3.05) is 27.2 Å². The van der Waals surface area contributed by atoms with Gasteiger partial charge in [0.05, 0.1) is 11.0 Å². The summed E-state index contributed by atoms with van der Waals surface area (Å²) in [6, 6.07) is 14.6. The van der Waals surface area contributed by atoms with Crippen molar-refractivity contribution >= 4 is 27.7 Å². The fourth-order valence-corrected chi connectivity index (χ4v) is 4.43. The number of benzene rings is 2. The second-order valence-electron chi connectivity index (χ2n) is 8.91. The molecule has 1 fully saturated rings. The smallest absolute Gasteiger partial charge is 0.251 e. The van der Waals surface area contributed by atoms with Crippen LogP contribution < -0.4 is 5.32 Å². The molecule has 0 saturated heterocycles. The van der Waals surface area contributed by atoms with Gasteiger partial charge in [0.25, 0.3) is 5.91 Å². The first-order chi connectivity index (χ1) is 15.6. The standard InChI is InChI=1S/C26H29N5O/c1-30(2)14-6-13-28-26(32)18-11-12-23-24(15-18)31(20-8-5-9-20)25(29-23)22-17-27-16-19-7-3-4-10-21(19)22/h3-4,7,10-12,15-17,20H,5-6,8-9,13-14H2,1-2H3,(H,28,32). The minimum Gasteiger partial charge on any atom is -0.352 e. The normalized spacial score (nSPS) is 14.2. The highest BCUT2D eigenvalue weighted by atomic mass is 16.1. The first-order valence-electron chi connectivity index (χ1n) is 11.4. The van der Waals surface area contributed by atoms with Crippen molar-refractivity contribution in [3.8, 4) is 11.4 Å². The van der Waals surface area contributed by atoms with Crippen molar-refractivity contribution in [3.63, 3.8) is 0 Å². The second kappa shape index (κ2) is 8.71. The Morgan fingerprint density at radius 3 is 2.78 bits per heavy atom. The predicted octanol–water partition coefficient (Wildman–Crippen LogP) is 4.66. The van der Waals surface area contributed by atoms with E-state index in [-0.39, 0.29) is 5.91 Å². The number of nitrogens with one attached hydrogen (secondary N) is 1. The number of hydrogen-bond donors (Lipinski definition) is 1. The number of nitrogens with zero attached hydrogens (tertiary/aromatic N) is 4. The molecule has 2 aromatic carbocycles. The van der Waals surface area contributed by atoms with E-state index < -0.39 is 0 Å². The van der Waals surface area contributed by atoms with E-state index in [1.165, 1.54) is 6.42 Å². The summed E-state index contributed by atoms with van der Waals surface area (Å²) in [5, 5.41) is 5.31. The Morgan fingerprint density at radius 1 is 1.16 bits per heavy atom. The first-order valence-corrected chi connectivity index (χ1v) is 11.4. The third-order valence-electron chi connectivity index (χ3n) is 6.37. The molecule has 0 unspecified atom stereocenters. The average molecular weight is 428 g/mol. The Bertz CT molecular complexity index is 1270. The lowest BCUT2D eigenvalue weighted by molar-refractivity contribution is 0.0952. The van der Waals surface area contributed by atoms with Gasteiger partial charge in [-0.2, -0.15) is 0 Å². The highest BCUT2D eigenvalue weighted by molar-refractivity contribution is 5.99. The maximum atomic E-state index is 12.8. The van der Waals surface area contributed by atoms with Crippen molar-refractivity contribution in [1.29, 1.82) is 0 Å². The SMILES string of the molecule is CN(C)CCCNC(=O)c1ccc2nc(-c3cncc4ccccc34)n(C3CCC3)c2c1. The fourth-order valence-electron chi connectivity index (χ4n) is 4.43. The number of aromatic nitrogens is 3. The molecule has 0 aliphatic heterocycles. The van der Waals surface area contributed by atoms with Crippen LogP contribution in [0.2, 0.25) is 0 Å². The van der Waals surface area contributed by atoms with Gasteiger partial charge < -0.3 is 14.8 Å². The van der Waals surface area contributed by atoms with Crippen molar-refractivity contribution in [3.05, 3.63) is 60.4 Å². The molecule has 0 bridgehead atoms. The molecular weight excluding hydrogens is 398 g/mol. The van der Waals surface area contributed by atoms with Crippen molar-refractivity contribution in [1.82, 2.24) is 24.8 Å². The van der Waals surface area contributed by atoms with E-state index in [0.717, 1.165) is 59.0 Å². The summed E-state index contributed by atoms with van der Waals surface area (Å²) in [4.78, 5) is 24.4. The summed E-state index contributed by atoms with van der Waals surface area (Å²) in [5.41, 5.74) is 3.67. The number of imidazole rings is 1. The van der Waals surface area contributed by atoms with Crippen LogP contribution in [0.15, 0.2) is 54.9 Å². The summed E-state index contributed by atoms with van der Waals surface area (Å²) >= 11 is 0. The third-order valence-corrected chi connectivity index (χ3v) is 6.37. The van der Waals surface area contributed by atoms with Gasteiger partial charge in [0.15, 0.2) is 0 Å². The molecule has 1 amide bonds. The van der Waals surface area contributed by atoms with Crippen molar-refractivity contribution in [2.45, 2.75) is 31.7 Å². The van der Waals surface area contributed by atoms with Crippen LogP contribution in [0.25, 0.3) is 33.2 Å². The monoisotopic (exact) mass is 427 g/mol. The Labute approximate surface area is 188 Å². The molecule has 32 heavy (non-hydrogen) atoms. The van der Waals surface area contributed by atoms with E-state index in [9.17, 15) is 4.79 Å². The van der Waals surface area contributed by atoms with Gasteiger partial charge in [-0.3, -0.25) is 9.78 Å². The van der Waals surface area contributed by atoms with Crippen LogP contribution in [-0.4, -0.2) is 52.5 Å². The zero-order valence-electron chi connectivity index (χ0n) is 18.7. The minimum atomic E-state index is -0.0274. The van der Waals surface area contributed by atoms with E-state index in [1.54, 1.807) is 0 Å². The molecule has 0 radical (unpaired) electrons. The van der Waals surface area contributed by atoms with Crippen LogP contribution in [0.3, 0.4) is 0 Å². The number of fused-ring (bicyclic) bond motifs is 2. The summed E-state index contributed by atoms with van der Waals surface area (Å²) < 4.78 is 2.34. The van der Waals surface area contributed by atoms with Crippen LogP contribution in [-0.2, 0) is 0 Å². The van der Waals surface area contributed by atoms with Gasteiger partial charge in [-0.05, 0) is 69.9 Å². The number of amides is 1. The zero-order chi connectivity index (χ0) is 22.1. The molecule has 1 saturated carbocycles. The number of carbonyl (C=O) groups is 1. The molecule has 6 nitrogen and oxygen atoms in total. The summed E-state index contributed by atoms with van der Waals surface area (Å²) in [6.07, 6.45) is 8.24. The van der Waals surface area contributed by atoms with E-state index in [4.69, 9.17) is 4.98 Å². The van der Waals surface area contributed by atoms with Crippen LogP contribution in [0, 0.1) is 0 Å². The Morgan fingerprint density at radius 2 is 2.00 bits per heavy atom. The highest BCUT2D eigenvalue weighted by Crippen LogP contribution is 2.40. The second-order valence-corrected chi connectivity index (χ2v) is 8.91. The van der Waals surface area contributed by atoms with Gasteiger partial charge >= 0.3 is 0 Å². The first kappa shape index (κ1) is 20.6. The maximum Gasteiger partial charge on any atom is 0.251 e. The molecule has 1 aliphatic carbocycles. The molecule has 2 aromatic heterocycles. The van der Waals surface area contributed by atoms with Gasteiger partial charge in [-0.25, -0.2) is 4.98 Å². The van der Waals surface area contributed by atoms with Crippen LogP contribution >= 0.6 is 0 Å². The predicted molar refractivity (Wildman–Crippen MR) is 129 cm³/mol. The van der Waals surface area contributed by atoms with Gasteiger partial charge in [0.1, 0.15) is 5.82 Å². The van der Waals surface area contributed by atoms with E-state index in [2.05, 4.69) is 38.0 Å². The fraction of sp³-hybridized carbons (Fsp3) is 0.346.